The molecule has 1 amide bonds. The zero-order chi connectivity index (χ0) is 17.5. The number of methoxy groups -OCH3 is 1. The monoisotopic (exact) mass is 367 g/mol. The molecule has 0 aromatic heterocycles. The van der Waals surface area contributed by atoms with E-state index in [0.717, 1.165) is 5.56 Å². The van der Waals surface area contributed by atoms with Gasteiger partial charge in [-0.25, -0.2) is 0 Å². The van der Waals surface area contributed by atoms with Crippen molar-refractivity contribution in [2.24, 2.45) is 0 Å². The zero-order valence-electron chi connectivity index (χ0n) is 13.5. The highest BCUT2D eigenvalue weighted by atomic mass is 35.5. The van der Waals surface area contributed by atoms with E-state index in [1.807, 2.05) is 19.1 Å². The molecule has 2 aromatic carbocycles. The van der Waals surface area contributed by atoms with E-state index in [1.165, 1.54) is 0 Å². The van der Waals surface area contributed by atoms with E-state index < -0.39 is 6.10 Å². The molecular weight excluding hydrogens is 349 g/mol. The topological polar surface area (TPSA) is 47.6 Å². The van der Waals surface area contributed by atoms with Gasteiger partial charge in [-0.3, -0.25) is 4.79 Å². The third-order valence-electron chi connectivity index (χ3n) is 3.45. The maximum absolute atomic E-state index is 12.3. The quantitative estimate of drug-likeness (QED) is 0.784. The van der Waals surface area contributed by atoms with Crippen LogP contribution >= 0.6 is 23.2 Å². The maximum atomic E-state index is 12.3. The van der Waals surface area contributed by atoms with Crippen molar-refractivity contribution in [3.05, 3.63) is 58.1 Å². The summed E-state index contributed by atoms with van der Waals surface area (Å²) in [5.74, 6) is 1.06. The Morgan fingerprint density at radius 1 is 1.17 bits per heavy atom. The molecule has 0 unspecified atom stereocenters. The van der Waals surface area contributed by atoms with Gasteiger partial charge in [0.05, 0.1) is 7.11 Å². The molecule has 0 fully saturated rings. The minimum absolute atomic E-state index is 0.202. The number of hydrogen-bond acceptors (Lipinski definition) is 3. The molecule has 0 saturated heterocycles. The lowest BCUT2D eigenvalue weighted by Crippen LogP contribution is -2.37. The molecule has 2 rings (SSSR count). The number of rotatable bonds is 7. The fourth-order valence-electron chi connectivity index (χ4n) is 2.12. The predicted octanol–water partition coefficient (Wildman–Crippen LogP) is 4.48. The third-order valence-corrected chi connectivity index (χ3v) is 4.04. The highest BCUT2D eigenvalue weighted by molar-refractivity contribution is 6.35. The Bertz CT molecular complexity index is 706. The second kappa shape index (κ2) is 8.81. The highest BCUT2D eigenvalue weighted by Crippen LogP contribution is 2.22. The first-order chi connectivity index (χ1) is 11.5. The second-order valence-corrected chi connectivity index (χ2v) is 5.99. The van der Waals surface area contributed by atoms with E-state index in [1.54, 1.807) is 37.4 Å². The molecule has 1 N–H and O–H groups in total. The van der Waals surface area contributed by atoms with Crippen molar-refractivity contribution < 1.29 is 14.3 Å². The molecule has 0 bridgehead atoms. The Kier molecular flexibility index (Phi) is 6.76. The van der Waals surface area contributed by atoms with Crippen LogP contribution in [0.1, 0.15) is 18.9 Å². The van der Waals surface area contributed by atoms with Crippen LogP contribution in [0.3, 0.4) is 0 Å². The van der Waals surface area contributed by atoms with Crippen molar-refractivity contribution >= 4 is 29.1 Å². The van der Waals surface area contributed by atoms with Gasteiger partial charge in [0.1, 0.15) is 11.5 Å². The molecule has 0 aliphatic carbocycles. The second-order valence-electron chi connectivity index (χ2n) is 5.15. The number of amides is 1. The van der Waals surface area contributed by atoms with Gasteiger partial charge in [0.25, 0.3) is 5.91 Å². The summed E-state index contributed by atoms with van der Waals surface area (Å²) in [6.07, 6.45) is -0.0552. The van der Waals surface area contributed by atoms with Crippen LogP contribution in [0.4, 0.5) is 0 Å². The molecule has 0 heterocycles. The SMILES string of the molecule is CC[C@H](Oc1cccc(OC)c1)C(=O)NCc1ccc(Cl)cc1Cl. The van der Waals surface area contributed by atoms with Gasteiger partial charge in [-0.2, -0.15) is 0 Å². The summed E-state index contributed by atoms with van der Waals surface area (Å²) >= 11 is 12.0. The van der Waals surface area contributed by atoms with Gasteiger partial charge in [-0.1, -0.05) is 42.3 Å². The standard InChI is InChI=1S/C18H19Cl2NO3/c1-3-17(24-15-6-4-5-14(10-15)23-2)18(22)21-11-12-7-8-13(19)9-16(12)20/h4-10,17H,3,11H2,1-2H3,(H,21,22)/t17-/m0/s1. The van der Waals surface area contributed by atoms with Gasteiger partial charge in [0.2, 0.25) is 0 Å². The lowest BCUT2D eigenvalue weighted by molar-refractivity contribution is -0.128. The van der Waals surface area contributed by atoms with Gasteiger partial charge in [0.15, 0.2) is 6.10 Å². The Morgan fingerprint density at radius 2 is 1.92 bits per heavy atom. The summed E-state index contributed by atoms with van der Waals surface area (Å²) in [6, 6.07) is 12.3. The van der Waals surface area contributed by atoms with E-state index >= 15 is 0 Å². The highest BCUT2D eigenvalue weighted by Gasteiger charge is 2.18. The molecule has 24 heavy (non-hydrogen) atoms. The van der Waals surface area contributed by atoms with Crippen LogP contribution < -0.4 is 14.8 Å². The minimum Gasteiger partial charge on any atom is -0.497 e. The Morgan fingerprint density at radius 3 is 2.58 bits per heavy atom. The lowest BCUT2D eigenvalue weighted by atomic mass is 10.2. The number of ether oxygens (including phenoxy) is 2. The van der Waals surface area contributed by atoms with Crippen LogP contribution in [-0.2, 0) is 11.3 Å². The number of halogens is 2. The van der Waals surface area contributed by atoms with Gasteiger partial charge < -0.3 is 14.8 Å². The third kappa shape index (κ3) is 5.05. The summed E-state index contributed by atoms with van der Waals surface area (Å²) in [4.78, 5) is 12.3. The Labute approximate surface area is 151 Å². The van der Waals surface area contributed by atoms with Gasteiger partial charge in [-0.05, 0) is 36.2 Å². The molecule has 128 valence electrons. The average Bonchev–Trinajstić information content (AvgIpc) is 2.58. The maximum Gasteiger partial charge on any atom is 0.261 e. The van der Waals surface area contributed by atoms with Crippen molar-refractivity contribution in [1.82, 2.24) is 5.32 Å². The first kappa shape index (κ1) is 18.4. The van der Waals surface area contributed by atoms with Crippen molar-refractivity contribution in [2.75, 3.05) is 7.11 Å². The summed E-state index contributed by atoms with van der Waals surface area (Å²) in [5, 5.41) is 3.91. The van der Waals surface area contributed by atoms with Gasteiger partial charge in [0, 0.05) is 22.7 Å². The molecule has 2 aromatic rings. The zero-order valence-corrected chi connectivity index (χ0v) is 15.0. The predicted molar refractivity (Wildman–Crippen MR) is 96.0 cm³/mol. The molecule has 0 spiro atoms. The van der Waals surface area contributed by atoms with Crippen LogP contribution in [0.5, 0.6) is 11.5 Å². The van der Waals surface area contributed by atoms with E-state index in [2.05, 4.69) is 5.32 Å². The van der Waals surface area contributed by atoms with Gasteiger partial charge in [-0.15, -0.1) is 0 Å². The van der Waals surface area contributed by atoms with Crippen LogP contribution in [0, 0.1) is 0 Å². The molecule has 0 saturated carbocycles. The molecular formula is C18H19Cl2NO3. The smallest absolute Gasteiger partial charge is 0.261 e. The molecule has 0 aliphatic rings. The summed E-state index contributed by atoms with van der Waals surface area (Å²) in [7, 11) is 1.58. The number of benzene rings is 2. The molecule has 6 heteroatoms. The fourth-order valence-corrected chi connectivity index (χ4v) is 2.60. The van der Waals surface area contributed by atoms with Crippen LogP contribution in [0.15, 0.2) is 42.5 Å². The van der Waals surface area contributed by atoms with Crippen molar-refractivity contribution in [3.63, 3.8) is 0 Å². The molecule has 0 aliphatic heterocycles. The molecule has 1 atom stereocenters. The normalized spacial score (nSPS) is 11.7. The van der Waals surface area contributed by atoms with E-state index in [4.69, 9.17) is 32.7 Å². The van der Waals surface area contributed by atoms with Crippen LogP contribution in [-0.4, -0.2) is 19.1 Å². The number of nitrogens with one attached hydrogen (secondary N) is 1. The number of hydrogen-bond donors (Lipinski definition) is 1. The van der Waals surface area contributed by atoms with Gasteiger partial charge >= 0.3 is 0 Å². The van der Waals surface area contributed by atoms with E-state index in [0.29, 0.717) is 34.5 Å². The van der Waals surface area contributed by atoms with E-state index in [9.17, 15) is 4.79 Å². The number of carbonyl (C=O) groups excluding carboxylic acids is 1. The summed E-state index contributed by atoms with van der Waals surface area (Å²) in [6.45, 7) is 2.20. The van der Waals surface area contributed by atoms with Crippen molar-refractivity contribution in [3.8, 4) is 11.5 Å². The summed E-state index contributed by atoms with van der Waals surface area (Å²) in [5.41, 5.74) is 0.797. The fraction of sp³-hybridized carbons (Fsp3) is 0.278. The molecule has 0 radical (unpaired) electrons. The van der Waals surface area contributed by atoms with Crippen LogP contribution in [0.2, 0.25) is 10.0 Å². The van der Waals surface area contributed by atoms with Crippen molar-refractivity contribution in [2.45, 2.75) is 26.0 Å². The lowest BCUT2D eigenvalue weighted by Gasteiger charge is -2.18. The van der Waals surface area contributed by atoms with E-state index in [-0.39, 0.29) is 5.91 Å². The Balaban J connectivity index is 1.98. The average molecular weight is 368 g/mol. The van der Waals surface area contributed by atoms with Crippen molar-refractivity contribution in [1.29, 1.82) is 0 Å². The first-order valence-electron chi connectivity index (χ1n) is 7.55. The first-order valence-corrected chi connectivity index (χ1v) is 8.31. The summed E-state index contributed by atoms with van der Waals surface area (Å²) < 4.78 is 10.9. The molecule has 4 nitrogen and oxygen atoms in total. The Hall–Kier alpha value is -1.91. The largest absolute Gasteiger partial charge is 0.497 e. The number of carbonyl (C=O) groups is 1. The minimum atomic E-state index is -0.594. The van der Waals surface area contributed by atoms with Crippen LogP contribution in [0.25, 0.3) is 0 Å².